The second-order valence-corrected chi connectivity index (χ2v) is 3.02. The Kier molecular flexibility index (Phi) is 2.53. The Bertz CT molecular complexity index is 473. The van der Waals surface area contributed by atoms with Gasteiger partial charge in [0.1, 0.15) is 0 Å². The van der Waals surface area contributed by atoms with Crippen molar-refractivity contribution in [3.05, 3.63) is 36.3 Å². The van der Waals surface area contributed by atoms with E-state index in [4.69, 9.17) is 0 Å². The SMILES string of the molecule is FC(F)C(F)c1ncc2ccccc2n1. The summed E-state index contributed by atoms with van der Waals surface area (Å²) >= 11 is 0. The molecule has 0 saturated heterocycles. The third-order valence-corrected chi connectivity index (χ3v) is 1.98. The molecule has 0 aliphatic carbocycles. The highest BCUT2D eigenvalue weighted by atomic mass is 19.3. The van der Waals surface area contributed by atoms with Gasteiger partial charge in [0.2, 0.25) is 6.17 Å². The quantitative estimate of drug-likeness (QED) is 0.764. The van der Waals surface area contributed by atoms with Crippen LogP contribution in [0.2, 0.25) is 0 Å². The predicted octanol–water partition coefficient (Wildman–Crippen LogP) is 2.91. The van der Waals surface area contributed by atoms with Crippen molar-refractivity contribution in [3.8, 4) is 0 Å². The molecule has 1 aromatic heterocycles. The summed E-state index contributed by atoms with van der Waals surface area (Å²) in [4.78, 5) is 7.29. The first-order valence-electron chi connectivity index (χ1n) is 4.32. The molecule has 0 radical (unpaired) electrons. The summed E-state index contributed by atoms with van der Waals surface area (Å²) in [6.07, 6.45) is -4.17. The van der Waals surface area contributed by atoms with Crippen molar-refractivity contribution >= 4 is 10.9 Å². The molecule has 2 nitrogen and oxygen atoms in total. The van der Waals surface area contributed by atoms with Crippen LogP contribution in [0.15, 0.2) is 30.5 Å². The topological polar surface area (TPSA) is 25.8 Å². The maximum atomic E-state index is 12.9. The van der Waals surface area contributed by atoms with E-state index in [1.54, 1.807) is 24.3 Å². The van der Waals surface area contributed by atoms with E-state index in [9.17, 15) is 13.2 Å². The Morgan fingerprint density at radius 1 is 1.07 bits per heavy atom. The Morgan fingerprint density at radius 2 is 1.80 bits per heavy atom. The number of aromatic nitrogens is 2. The van der Waals surface area contributed by atoms with Crippen LogP contribution in [0, 0.1) is 0 Å². The number of hydrogen-bond acceptors (Lipinski definition) is 2. The largest absolute Gasteiger partial charge is 0.276 e. The van der Waals surface area contributed by atoms with E-state index >= 15 is 0 Å². The summed E-state index contributed by atoms with van der Waals surface area (Å²) in [6, 6.07) is 6.83. The van der Waals surface area contributed by atoms with Gasteiger partial charge in [0.25, 0.3) is 6.43 Å². The number of hydrogen-bond donors (Lipinski definition) is 0. The third-order valence-electron chi connectivity index (χ3n) is 1.98. The smallest absolute Gasteiger partial charge is 0.237 e. The Balaban J connectivity index is 2.47. The Labute approximate surface area is 83.8 Å². The molecule has 0 saturated carbocycles. The zero-order valence-corrected chi connectivity index (χ0v) is 7.57. The van der Waals surface area contributed by atoms with E-state index < -0.39 is 18.4 Å². The van der Waals surface area contributed by atoms with Crippen LogP contribution in [0.1, 0.15) is 12.0 Å². The normalized spacial score (nSPS) is 13.3. The van der Waals surface area contributed by atoms with Gasteiger partial charge in [0, 0.05) is 11.6 Å². The summed E-state index contributed by atoms with van der Waals surface area (Å²) < 4.78 is 37.0. The van der Waals surface area contributed by atoms with Crippen LogP contribution in [0.4, 0.5) is 13.2 Å². The van der Waals surface area contributed by atoms with Gasteiger partial charge < -0.3 is 0 Å². The van der Waals surface area contributed by atoms with Gasteiger partial charge in [-0.15, -0.1) is 0 Å². The first-order chi connectivity index (χ1) is 7.18. The highest BCUT2D eigenvalue weighted by Crippen LogP contribution is 2.22. The predicted molar refractivity (Wildman–Crippen MR) is 49.4 cm³/mol. The average Bonchev–Trinajstić information content (AvgIpc) is 2.27. The highest BCUT2D eigenvalue weighted by Gasteiger charge is 2.24. The van der Waals surface area contributed by atoms with Crippen LogP contribution in [0.5, 0.6) is 0 Å². The summed E-state index contributed by atoms with van der Waals surface area (Å²) in [5.74, 6) is -0.469. The van der Waals surface area contributed by atoms with Crippen LogP contribution >= 0.6 is 0 Å². The van der Waals surface area contributed by atoms with Crippen LogP contribution < -0.4 is 0 Å². The molecule has 0 fully saturated rings. The van der Waals surface area contributed by atoms with Crippen molar-refractivity contribution in [2.45, 2.75) is 12.6 Å². The molecule has 0 bridgehead atoms. The lowest BCUT2D eigenvalue weighted by atomic mass is 10.2. The number of alkyl halides is 3. The van der Waals surface area contributed by atoms with Gasteiger partial charge in [-0.1, -0.05) is 18.2 Å². The van der Waals surface area contributed by atoms with Crippen molar-refractivity contribution in [1.29, 1.82) is 0 Å². The van der Waals surface area contributed by atoms with E-state index in [1.165, 1.54) is 6.20 Å². The minimum Gasteiger partial charge on any atom is -0.237 e. The van der Waals surface area contributed by atoms with Gasteiger partial charge in [0.05, 0.1) is 5.52 Å². The van der Waals surface area contributed by atoms with Crippen LogP contribution in [0.25, 0.3) is 10.9 Å². The lowest BCUT2D eigenvalue weighted by molar-refractivity contribution is 0.0450. The monoisotopic (exact) mass is 212 g/mol. The zero-order valence-electron chi connectivity index (χ0n) is 7.57. The molecule has 0 amide bonds. The van der Waals surface area contributed by atoms with Gasteiger partial charge in [-0.05, 0) is 6.07 Å². The van der Waals surface area contributed by atoms with Crippen molar-refractivity contribution in [2.24, 2.45) is 0 Å². The average molecular weight is 212 g/mol. The summed E-state index contributed by atoms with van der Waals surface area (Å²) in [6.45, 7) is 0. The standard InChI is InChI=1S/C10H7F3N2/c11-8(9(12)13)10-14-5-6-3-1-2-4-7(6)15-10/h1-5,8-9H. The van der Waals surface area contributed by atoms with Gasteiger partial charge in [-0.25, -0.2) is 23.1 Å². The van der Waals surface area contributed by atoms with Crippen LogP contribution in [0.3, 0.4) is 0 Å². The first-order valence-corrected chi connectivity index (χ1v) is 4.32. The molecule has 2 rings (SSSR count). The highest BCUT2D eigenvalue weighted by molar-refractivity contribution is 5.77. The molecule has 15 heavy (non-hydrogen) atoms. The van der Waals surface area contributed by atoms with Crippen LogP contribution in [-0.2, 0) is 0 Å². The molecule has 1 aromatic carbocycles. The molecule has 1 atom stereocenters. The first kappa shape index (κ1) is 9.89. The van der Waals surface area contributed by atoms with Crippen LogP contribution in [-0.4, -0.2) is 16.4 Å². The van der Waals surface area contributed by atoms with E-state index in [2.05, 4.69) is 9.97 Å². The molecule has 2 aromatic rings. The molecule has 5 heteroatoms. The number of benzene rings is 1. The molecule has 0 aliphatic rings. The number of para-hydroxylation sites is 1. The second kappa shape index (κ2) is 3.84. The molecule has 1 heterocycles. The number of rotatable bonds is 2. The Morgan fingerprint density at radius 3 is 2.53 bits per heavy atom. The summed E-state index contributed by atoms with van der Waals surface area (Å²) in [5.41, 5.74) is 0.464. The third kappa shape index (κ3) is 1.91. The fourth-order valence-corrected chi connectivity index (χ4v) is 1.23. The molecule has 0 N–H and O–H groups in total. The fourth-order valence-electron chi connectivity index (χ4n) is 1.23. The lowest BCUT2D eigenvalue weighted by Crippen LogP contribution is -2.07. The maximum absolute atomic E-state index is 12.9. The van der Waals surface area contributed by atoms with E-state index in [1.807, 2.05) is 0 Å². The van der Waals surface area contributed by atoms with Gasteiger partial charge in [0.15, 0.2) is 5.82 Å². The van der Waals surface area contributed by atoms with E-state index in [-0.39, 0.29) is 0 Å². The van der Waals surface area contributed by atoms with Gasteiger partial charge in [-0.2, -0.15) is 0 Å². The van der Waals surface area contributed by atoms with Crippen molar-refractivity contribution < 1.29 is 13.2 Å². The Hall–Kier alpha value is -1.65. The second-order valence-electron chi connectivity index (χ2n) is 3.02. The van der Waals surface area contributed by atoms with E-state index in [0.29, 0.717) is 10.9 Å². The molecular formula is C10H7F3N2. The minimum absolute atomic E-state index is 0.464. The summed E-state index contributed by atoms with van der Waals surface area (Å²) in [5, 5.41) is 0.697. The van der Waals surface area contributed by atoms with Gasteiger partial charge in [-0.3, -0.25) is 0 Å². The molecule has 0 spiro atoms. The van der Waals surface area contributed by atoms with Gasteiger partial charge >= 0.3 is 0 Å². The zero-order chi connectivity index (χ0) is 10.8. The van der Waals surface area contributed by atoms with Crippen molar-refractivity contribution in [1.82, 2.24) is 9.97 Å². The fraction of sp³-hybridized carbons (Fsp3) is 0.200. The van der Waals surface area contributed by atoms with E-state index in [0.717, 1.165) is 0 Å². The number of nitrogens with zero attached hydrogens (tertiary/aromatic N) is 2. The van der Waals surface area contributed by atoms with Crippen molar-refractivity contribution in [2.75, 3.05) is 0 Å². The number of fused-ring (bicyclic) bond motifs is 1. The molecular weight excluding hydrogens is 205 g/mol. The minimum atomic E-state index is -3.09. The molecule has 0 aliphatic heterocycles. The molecule has 1 unspecified atom stereocenters. The number of halogens is 3. The summed E-state index contributed by atoms with van der Waals surface area (Å²) in [7, 11) is 0. The lowest BCUT2D eigenvalue weighted by Gasteiger charge is -2.05. The van der Waals surface area contributed by atoms with Crippen molar-refractivity contribution in [3.63, 3.8) is 0 Å². The molecule has 78 valence electrons. The maximum Gasteiger partial charge on any atom is 0.276 e.